The molecule has 0 radical (unpaired) electrons. The van der Waals surface area contributed by atoms with Gasteiger partial charge in [-0.05, 0) is 68.7 Å². The number of alkyl halides is 1. The van der Waals surface area contributed by atoms with Crippen LogP contribution in [-0.2, 0) is 9.47 Å². The van der Waals surface area contributed by atoms with Crippen LogP contribution < -0.4 is 9.64 Å². The molecule has 5 aliphatic heterocycles. The largest absolute Gasteiger partial charge is 0.508 e. The second-order valence-electron chi connectivity index (χ2n) is 13.7. The van der Waals surface area contributed by atoms with E-state index in [-0.39, 0.29) is 42.3 Å². The summed E-state index contributed by atoms with van der Waals surface area (Å²) in [7, 11) is 0. The fourth-order valence-corrected chi connectivity index (χ4v) is 8.48. The van der Waals surface area contributed by atoms with Crippen molar-refractivity contribution in [2.24, 2.45) is 5.92 Å². The summed E-state index contributed by atoms with van der Waals surface area (Å²) in [5.41, 5.74) is 3.24. The predicted octanol–water partition coefficient (Wildman–Crippen LogP) is 5.21. The molecule has 1 aromatic carbocycles. The van der Waals surface area contributed by atoms with Crippen LogP contribution in [0.3, 0.4) is 0 Å². The third kappa shape index (κ3) is 4.49. The molecule has 6 bridgehead atoms. The number of aromatic nitrogens is 5. The monoisotopic (exact) mass is 631 g/mol. The highest BCUT2D eigenvalue weighted by molar-refractivity contribution is 6.00. The maximum absolute atomic E-state index is 17.1. The number of benzene rings is 1. The number of halogens is 2. The number of carbonyl (C=O) groups is 1. The fourth-order valence-electron chi connectivity index (χ4n) is 8.48. The van der Waals surface area contributed by atoms with Crippen molar-refractivity contribution in [3.05, 3.63) is 35.4 Å². The second kappa shape index (κ2) is 10.4. The number of anilines is 1. The molecule has 10 rings (SSSR count). The Morgan fingerprint density at radius 1 is 1.17 bits per heavy atom. The van der Waals surface area contributed by atoms with Gasteiger partial charge in [0, 0.05) is 42.6 Å². The van der Waals surface area contributed by atoms with Gasteiger partial charge < -0.3 is 19.1 Å². The van der Waals surface area contributed by atoms with Crippen molar-refractivity contribution < 1.29 is 27.8 Å². The van der Waals surface area contributed by atoms with Crippen LogP contribution in [0.4, 0.5) is 19.4 Å². The molecule has 1 saturated carbocycles. The first-order valence-corrected chi connectivity index (χ1v) is 16.3. The Morgan fingerprint density at radius 2 is 2.09 bits per heavy atom. The molecular formula is C33H35F2N7O4. The summed E-state index contributed by atoms with van der Waals surface area (Å²) in [5.74, 6) is 0.0292. The summed E-state index contributed by atoms with van der Waals surface area (Å²) < 4.78 is 49.2. The maximum atomic E-state index is 17.1. The average molecular weight is 632 g/mol. The van der Waals surface area contributed by atoms with E-state index in [1.54, 1.807) is 12.4 Å². The lowest BCUT2D eigenvalue weighted by Crippen LogP contribution is -2.43. The highest BCUT2D eigenvalue weighted by Gasteiger charge is 2.49. The van der Waals surface area contributed by atoms with E-state index in [2.05, 4.69) is 20.1 Å². The number of carbonyl (C=O) groups excluding carboxylic acids is 1. The highest BCUT2D eigenvalue weighted by atomic mass is 19.1. The smallest absolute Gasteiger partial charge is 0.461 e. The van der Waals surface area contributed by atoms with Crippen LogP contribution in [0, 0.1) is 18.7 Å². The van der Waals surface area contributed by atoms with Gasteiger partial charge >= 0.3 is 12.2 Å². The van der Waals surface area contributed by atoms with E-state index < -0.39 is 29.8 Å². The van der Waals surface area contributed by atoms with Crippen LogP contribution in [0.1, 0.15) is 55.6 Å². The second-order valence-corrected chi connectivity index (χ2v) is 13.7. The van der Waals surface area contributed by atoms with Crippen molar-refractivity contribution in [1.29, 1.82) is 0 Å². The zero-order valence-electron chi connectivity index (χ0n) is 25.6. The Balaban J connectivity index is 1.22. The number of H-pyrrole nitrogens is 1. The molecule has 13 heteroatoms. The molecule has 46 heavy (non-hydrogen) atoms. The highest BCUT2D eigenvalue weighted by Crippen LogP contribution is 2.53. The standard InChI is InChI=1S/C33H35F2N7O4/c1-17-8-24-22(12-37-40-24)26-25(17)21-9-18(21)15-44-32(43)46-20-4-2-6-41(14-20)30-23-11-36-29(26)27(35)28(23)38-31(39-30)45-16-33-5-3-7-42(33)13-19(34)10-33/h8,11-12,18-21H,2-7,9-10,13-16H2,1H3,(H,37,40)/t18-,19-,20-,21+,33+/m1/s1. The normalized spacial score (nSPS) is 29.1. The van der Waals surface area contributed by atoms with Gasteiger partial charge in [0.1, 0.15) is 35.9 Å². The molecule has 1 N–H and O–H groups in total. The lowest BCUT2D eigenvalue weighted by molar-refractivity contribution is 0.0165. The van der Waals surface area contributed by atoms with Crippen molar-refractivity contribution in [2.75, 3.05) is 44.3 Å². The van der Waals surface area contributed by atoms with Gasteiger partial charge in [0.05, 0.1) is 35.8 Å². The lowest BCUT2D eigenvalue weighted by atomic mass is 9.91. The number of aromatic amines is 1. The van der Waals surface area contributed by atoms with Crippen LogP contribution in [0.25, 0.3) is 33.1 Å². The number of hydrogen-bond donors (Lipinski definition) is 1. The third-order valence-electron chi connectivity index (χ3n) is 10.8. The Kier molecular flexibility index (Phi) is 6.38. The molecule has 5 atom stereocenters. The Morgan fingerprint density at radius 3 is 3.00 bits per heavy atom. The van der Waals surface area contributed by atoms with Crippen LogP contribution >= 0.6 is 0 Å². The van der Waals surface area contributed by atoms with Gasteiger partial charge in [-0.25, -0.2) is 13.6 Å². The zero-order valence-corrected chi connectivity index (χ0v) is 25.6. The van der Waals surface area contributed by atoms with Gasteiger partial charge in [0.2, 0.25) is 0 Å². The van der Waals surface area contributed by atoms with Gasteiger partial charge in [0.25, 0.3) is 0 Å². The summed E-state index contributed by atoms with van der Waals surface area (Å²) in [5, 5.41) is 8.49. The van der Waals surface area contributed by atoms with E-state index in [9.17, 15) is 9.18 Å². The number of pyridine rings is 1. The number of aryl methyl sites for hydroxylation is 1. The van der Waals surface area contributed by atoms with Gasteiger partial charge in [-0.2, -0.15) is 15.1 Å². The summed E-state index contributed by atoms with van der Waals surface area (Å²) in [6.45, 7) is 4.65. The number of nitrogens with one attached hydrogen (secondary N) is 1. The number of piperidine rings is 1. The van der Waals surface area contributed by atoms with E-state index in [0.29, 0.717) is 49.2 Å². The first kappa shape index (κ1) is 28.1. The van der Waals surface area contributed by atoms with Crippen LogP contribution in [0.15, 0.2) is 18.5 Å². The molecule has 240 valence electrons. The molecule has 0 spiro atoms. The first-order valence-electron chi connectivity index (χ1n) is 16.3. The van der Waals surface area contributed by atoms with Crippen molar-refractivity contribution in [2.45, 2.75) is 69.2 Å². The average Bonchev–Trinajstić information content (AvgIpc) is 3.29. The molecule has 3 saturated heterocycles. The molecule has 0 amide bonds. The molecular weight excluding hydrogens is 596 g/mol. The number of hydrogen-bond acceptors (Lipinski definition) is 10. The molecule has 4 aromatic rings. The minimum Gasteiger partial charge on any atom is -0.461 e. The van der Waals surface area contributed by atoms with E-state index >= 15 is 4.39 Å². The van der Waals surface area contributed by atoms with Gasteiger partial charge in [-0.3, -0.25) is 15.0 Å². The van der Waals surface area contributed by atoms with Crippen molar-refractivity contribution in [3.8, 4) is 17.3 Å². The summed E-state index contributed by atoms with van der Waals surface area (Å²) >= 11 is 0. The first-order chi connectivity index (χ1) is 22.4. The minimum absolute atomic E-state index is 0.0332. The van der Waals surface area contributed by atoms with E-state index in [1.807, 2.05) is 17.9 Å². The van der Waals surface area contributed by atoms with Crippen LogP contribution in [0.5, 0.6) is 6.01 Å². The topological polar surface area (TPSA) is 119 Å². The lowest BCUT2D eigenvalue weighted by Gasteiger charge is -2.34. The third-order valence-corrected chi connectivity index (χ3v) is 10.8. The minimum atomic E-state index is -0.902. The number of fused-ring (bicyclic) bond motifs is 6. The van der Waals surface area contributed by atoms with Gasteiger partial charge in [0.15, 0.2) is 5.82 Å². The molecule has 4 fully saturated rings. The number of nitrogens with zero attached hydrogens (tertiary/aromatic N) is 6. The molecule has 8 heterocycles. The molecule has 3 aromatic heterocycles. The maximum Gasteiger partial charge on any atom is 0.508 e. The van der Waals surface area contributed by atoms with E-state index in [1.165, 1.54) is 0 Å². The van der Waals surface area contributed by atoms with Gasteiger partial charge in [-0.1, -0.05) is 0 Å². The molecule has 6 aliphatic rings. The van der Waals surface area contributed by atoms with Gasteiger partial charge in [-0.15, -0.1) is 0 Å². The fraction of sp³-hybridized carbons (Fsp3) is 0.545. The summed E-state index contributed by atoms with van der Waals surface area (Å²) in [6.07, 6.45) is 5.75. The van der Waals surface area contributed by atoms with E-state index in [4.69, 9.17) is 24.2 Å². The number of rotatable bonds is 3. The van der Waals surface area contributed by atoms with Crippen LogP contribution in [-0.4, -0.2) is 93.4 Å². The molecule has 0 unspecified atom stereocenters. The Labute approximate surface area is 263 Å². The quantitative estimate of drug-likeness (QED) is 0.302. The van der Waals surface area contributed by atoms with Crippen molar-refractivity contribution >= 4 is 33.8 Å². The Hall–Kier alpha value is -4.13. The summed E-state index contributed by atoms with van der Waals surface area (Å²) in [4.78, 5) is 31.1. The molecule has 1 aliphatic carbocycles. The van der Waals surface area contributed by atoms with Crippen LogP contribution in [0.2, 0.25) is 0 Å². The van der Waals surface area contributed by atoms with E-state index in [0.717, 1.165) is 54.3 Å². The predicted molar refractivity (Wildman–Crippen MR) is 164 cm³/mol. The Bertz CT molecular complexity index is 1890. The summed E-state index contributed by atoms with van der Waals surface area (Å²) in [6, 6.07) is 2.05. The SMILES string of the molecule is Cc1cc2[nH]ncc2c2c1[C@H]1C[C@@H]1COC(=O)O[C@@H]1CCCN(C1)c1nc(OC[C@@]34CCCN3C[C@H](F)C4)nc3c(F)c-2ncc13. The van der Waals surface area contributed by atoms with Crippen molar-refractivity contribution in [3.63, 3.8) is 0 Å². The number of ether oxygens (including phenoxy) is 3. The molecule has 11 nitrogen and oxygen atoms in total. The zero-order chi connectivity index (χ0) is 31.2. The van der Waals surface area contributed by atoms with Crippen molar-refractivity contribution in [1.82, 2.24) is 30.0 Å².